The third-order valence-corrected chi connectivity index (χ3v) is 2.51. The van der Waals surface area contributed by atoms with Crippen LogP contribution in [0.4, 0.5) is 26.3 Å². The van der Waals surface area contributed by atoms with Gasteiger partial charge in [-0.05, 0) is 0 Å². The number of methoxy groups -OCH3 is 2. The monoisotopic (exact) mass is 347 g/mol. The van der Waals surface area contributed by atoms with Crippen molar-refractivity contribution in [1.29, 1.82) is 0 Å². The summed E-state index contributed by atoms with van der Waals surface area (Å²) in [5, 5.41) is 8.86. The lowest BCUT2D eigenvalue weighted by atomic mass is 9.99. The molecule has 0 aliphatic carbocycles. The maximum Gasteiger partial charge on any atom is 0.434 e. The van der Waals surface area contributed by atoms with Gasteiger partial charge in [0, 0.05) is 0 Å². The van der Waals surface area contributed by atoms with Gasteiger partial charge in [-0.25, -0.2) is 14.6 Å². The molecule has 23 heavy (non-hydrogen) atoms. The first-order chi connectivity index (χ1) is 10.4. The number of halogens is 6. The van der Waals surface area contributed by atoms with Crippen LogP contribution in [-0.2, 0) is 17.1 Å². The quantitative estimate of drug-likeness (QED) is 0.668. The van der Waals surface area contributed by atoms with Crippen LogP contribution in [0.2, 0.25) is 0 Å². The average Bonchev–Trinajstić information content (AvgIpc) is 2.41. The molecule has 0 saturated heterocycles. The summed E-state index contributed by atoms with van der Waals surface area (Å²) >= 11 is 0. The molecule has 0 radical (unpaired) electrons. The lowest BCUT2D eigenvalue weighted by Crippen LogP contribution is -2.26. The SMILES string of the molecule is COC(=O)c1c(C(F)(F)F)nc(OC)c(C(=O)O)c1C(F)(F)F. The molecule has 6 nitrogen and oxygen atoms in total. The van der Waals surface area contributed by atoms with Crippen LogP contribution in [0.1, 0.15) is 32.0 Å². The molecule has 0 saturated carbocycles. The van der Waals surface area contributed by atoms with Crippen molar-refractivity contribution in [2.24, 2.45) is 0 Å². The molecule has 0 unspecified atom stereocenters. The summed E-state index contributed by atoms with van der Waals surface area (Å²) in [6.45, 7) is 0. The Labute approximate surface area is 123 Å². The van der Waals surface area contributed by atoms with E-state index >= 15 is 0 Å². The van der Waals surface area contributed by atoms with Gasteiger partial charge in [0.05, 0.1) is 19.8 Å². The zero-order valence-corrected chi connectivity index (χ0v) is 11.3. The van der Waals surface area contributed by atoms with Crippen LogP contribution in [0.15, 0.2) is 0 Å². The highest BCUT2D eigenvalue weighted by Crippen LogP contribution is 2.43. The summed E-state index contributed by atoms with van der Waals surface area (Å²) in [4.78, 5) is 25.1. The zero-order chi connectivity index (χ0) is 18.2. The number of carboxylic acid groups (broad SMARTS) is 1. The Balaban J connectivity index is 4.13. The number of hydrogen-bond donors (Lipinski definition) is 1. The molecule has 0 aliphatic heterocycles. The predicted octanol–water partition coefficient (Wildman–Crippen LogP) is 2.61. The van der Waals surface area contributed by atoms with Gasteiger partial charge in [-0.2, -0.15) is 26.3 Å². The van der Waals surface area contributed by atoms with Gasteiger partial charge in [-0.3, -0.25) is 0 Å². The van der Waals surface area contributed by atoms with E-state index in [1.807, 2.05) is 0 Å². The third kappa shape index (κ3) is 3.46. The predicted molar refractivity (Wildman–Crippen MR) is 59.1 cm³/mol. The Kier molecular flexibility index (Phi) is 4.77. The van der Waals surface area contributed by atoms with Crippen LogP contribution in [-0.4, -0.2) is 36.2 Å². The van der Waals surface area contributed by atoms with Gasteiger partial charge in [0.1, 0.15) is 11.1 Å². The number of hydrogen-bond acceptors (Lipinski definition) is 5. The van der Waals surface area contributed by atoms with Gasteiger partial charge < -0.3 is 14.6 Å². The molecule has 1 aromatic rings. The number of nitrogens with zero attached hydrogens (tertiary/aromatic N) is 1. The molecule has 128 valence electrons. The molecule has 0 bridgehead atoms. The molecule has 1 rings (SSSR count). The van der Waals surface area contributed by atoms with E-state index in [-0.39, 0.29) is 0 Å². The summed E-state index contributed by atoms with van der Waals surface area (Å²) in [6, 6.07) is 0. The number of carbonyl (C=O) groups excluding carboxylic acids is 1. The lowest BCUT2D eigenvalue weighted by Gasteiger charge is -2.20. The van der Waals surface area contributed by atoms with E-state index in [4.69, 9.17) is 5.11 Å². The van der Waals surface area contributed by atoms with E-state index in [0.29, 0.717) is 14.2 Å². The lowest BCUT2D eigenvalue weighted by molar-refractivity contribution is -0.147. The number of carboxylic acids is 1. The first-order valence-electron chi connectivity index (χ1n) is 5.44. The molecule has 0 spiro atoms. The van der Waals surface area contributed by atoms with Gasteiger partial charge >= 0.3 is 24.3 Å². The topological polar surface area (TPSA) is 85.7 Å². The van der Waals surface area contributed by atoms with Crippen LogP contribution in [0, 0.1) is 0 Å². The fraction of sp³-hybridized carbons (Fsp3) is 0.364. The normalized spacial score (nSPS) is 12.0. The van der Waals surface area contributed by atoms with E-state index in [1.165, 1.54) is 0 Å². The molecule has 1 N–H and O–H groups in total. The van der Waals surface area contributed by atoms with Crippen molar-refractivity contribution < 1.29 is 50.5 Å². The van der Waals surface area contributed by atoms with Crippen molar-refractivity contribution in [3.63, 3.8) is 0 Å². The highest BCUT2D eigenvalue weighted by Gasteiger charge is 2.49. The molecule has 1 aromatic heterocycles. The maximum absolute atomic E-state index is 13.1. The van der Waals surface area contributed by atoms with E-state index < -0.39 is 52.6 Å². The molecular formula is C11H7F6NO5. The molecule has 0 aliphatic rings. The van der Waals surface area contributed by atoms with E-state index in [2.05, 4.69) is 14.5 Å². The molecule has 0 fully saturated rings. The first kappa shape index (κ1) is 18.5. The number of aromatic nitrogens is 1. The van der Waals surface area contributed by atoms with E-state index in [9.17, 15) is 35.9 Å². The van der Waals surface area contributed by atoms with Gasteiger partial charge in [0.2, 0.25) is 5.88 Å². The fourth-order valence-corrected chi connectivity index (χ4v) is 1.70. The minimum atomic E-state index is -5.62. The summed E-state index contributed by atoms with van der Waals surface area (Å²) in [5.41, 5.74) is -8.39. The third-order valence-electron chi connectivity index (χ3n) is 2.51. The van der Waals surface area contributed by atoms with Crippen molar-refractivity contribution in [2.75, 3.05) is 14.2 Å². The molecule has 1 heterocycles. The Bertz CT molecular complexity index is 652. The minimum Gasteiger partial charge on any atom is -0.480 e. The second-order valence-electron chi connectivity index (χ2n) is 3.89. The number of aromatic carboxylic acids is 1. The number of esters is 1. The molecule has 0 amide bonds. The van der Waals surface area contributed by atoms with Crippen LogP contribution < -0.4 is 4.74 Å². The minimum absolute atomic E-state index is 0.535. The molecular weight excluding hydrogens is 340 g/mol. The Morgan fingerprint density at radius 3 is 1.83 bits per heavy atom. The highest BCUT2D eigenvalue weighted by molar-refractivity contribution is 6.00. The first-order valence-corrected chi connectivity index (χ1v) is 5.44. The molecule has 12 heteroatoms. The number of alkyl halides is 6. The standard InChI is InChI=1S/C11H7F6NO5/c1-22-7-4(8(19)20)5(10(12,13)14)3(9(21)23-2)6(18-7)11(15,16)17/h1-2H3,(H,19,20). The van der Waals surface area contributed by atoms with Crippen LogP contribution in [0.5, 0.6) is 5.88 Å². The summed E-state index contributed by atoms with van der Waals surface area (Å²) in [7, 11) is 1.17. The number of rotatable bonds is 3. The molecule has 0 atom stereocenters. The summed E-state index contributed by atoms with van der Waals surface area (Å²) < 4.78 is 86.3. The Morgan fingerprint density at radius 2 is 1.52 bits per heavy atom. The van der Waals surface area contributed by atoms with Gasteiger partial charge in [-0.15, -0.1) is 0 Å². The number of pyridine rings is 1. The van der Waals surface area contributed by atoms with Crippen LogP contribution >= 0.6 is 0 Å². The van der Waals surface area contributed by atoms with Gasteiger partial charge in [0.15, 0.2) is 5.69 Å². The number of ether oxygens (including phenoxy) is 2. The van der Waals surface area contributed by atoms with Crippen molar-refractivity contribution >= 4 is 11.9 Å². The average molecular weight is 347 g/mol. The largest absolute Gasteiger partial charge is 0.480 e. The second-order valence-corrected chi connectivity index (χ2v) is 3.89. The van der Waals surface area contributed by atoms with E-state index in [0.717, 1.165) is 0 Å². The Morgan fingerprint density at radius 1 is 1.00 bits per heavy atom. The summed E-state index contributed by atoms with van der Waals surface area (Å²) in [6.07, 6.45) is -11.1. The van der Waals surface area contributed by atoms with Crippen molar-refractivity contribution in [2.45, 2.75) is 12.4 Å². The fourth-order valence-electron chi connectivity index (χ4n) is 1.70. The second kappa shape index (κ2) is 5.93. The molecule has 0 aromatic carbocycles. The van der Waals surface area contributed by atoms with Crippen LogP contribution in [0.3, 0.4) is 0 Å². The smallest absolute Gasteiger partial charge is 0.434 e. The van der Waals surface area contributed by atoms with Crippen molar-refractivity contribution in [3.8, 4) is 5.88 Å². The maximum atomic E-state index is 13.1. The highest BCUT2D eigenvalue weighted by atomic mass is 19.4. The zero-order valence-electron chi connectivity index (χ0n) is 11.3. The van der Waals surface area contributed by atoms with E-state index in [1.54, 1.807) is 0 Å². The van der Waals surface area contributed by atoms with Crippen molar-refractivity contribution in [3.05, 3.63) is 22.4 Å². The Hall–Kier alpha value is -2.53. The van der Waals surface area contributed by atoms with Gasteiger partial charge in [0.25, 0.3) is 0 Å². The number of carbonyl (C=O) groups is 2. The van der Waals surface area contributed by atoms with Crippen LogP contribution in [0.25, 0.3) is 0 Å². The van der Waals surface area contributed by atoms with Crippen molar-refractivity contribution in [1.82, 2.24) is 4.98 Å². The summed E-state index contributed by atoms with van der Waals surface area (Å²) in [5.74, 6) is -5.76. The van der Waals surface area contributed by atoms with Gasteiger partial charge in [-0.1, -0.05) is 0 Å².